The summed E-state index contributed by atoms with van der Waals surface area (Å²) in [5.74, 6) is 0.349. The smallest absolute Gasteiger partial charge is 0.223 e. The summed E-state index contributed by atoms with van der Waals surface area (Å²) in [5, 5.41) is 2.64. The second kappa shape index (κ2) is 7.10. The van der Waals surface area contributed by atoms with Gasteiger partial charge in [-0.2, -0.15) is 0 Å². The highest BCUT2D eigenvalue weighted by Gasteiger charge is 2.19. The summed E-state index contributed by atoms with van der Waals surface area (Å²) in [4.78, 5) is 11.0. The number of nitrogens with one attached hydrogen (secondary N) is 1. The zero-order valence-electron chi connectivity index (χ0n) is 8.22. The third kappa shape index (κ3) is 3.72. The van der Waals surface area contributed by atoms with E-state index >= 15 is 0 Å². The first kappa shape index (κ1) is 11.4. The molecule has 1 saturated heterocycles. The van der Waals surface area contributed by atoms with E-state index in [9.17, 15) is 4.79 Å². The van der Waals surface area contributed by atoms with E-state index < -0.39 is 0 Å². The minimum Gasteiger partial charge on any atom is -0.381 e. The summed E-state index contributed by atoms with van der Waals surface area (Å²) < 4.78 is 5.11. The maximum Gasteiger partial charge on any atom is 0.223 e. The van der Waals surface area contributed by atoms with Gasteiger partial charge in [0.25, 0.3) is 0 Å². The molecule has 12 heavy (non-hydrogen) atoms. The van der Waals surface area contributed by atoms with Crippen LogP contribution in [0.15, 0.2) is 0 Å². The van der Waals surface area contributed by atoms with E-state index in [4.69, 9.17) is 4.74 Å². The van der Waals surface area contributed by atoms with Gasteiger partial charge in [0, 0.05) is 26.2 Å². The summed E-state index contributed by atoms with van der Waals surface area (Å²) in [6, 6.07) is 0. The van der Waals surface area contributed by atoms with Gasteiger partial charge in [-0.05, 0) is 12.8 Å². The van der Waals surface area contributed by atoms with E-state index in [1.165, 1.54) is 0 Å². The van der Waals surface area contributed by atoms with Gasteiger partial charge in [-0.3, -0.25) is 4.79 Å². The molecule has 1 N–H and O–H groups in total. The Kier molecular flexibility index (Phi) is 6.76. The van der Waals surface area contributed by atoms with Crippen LogP contribution in [0.4, 0.5) is 0 Å². The molecule has 1 fully saturated rings. The molecule has 1 amide bonds. The Morgan fingerprint density at radius 3 is 2.25 bits per heavy atom. The molecular weight excluding hydrogens is 154 g/mol. The molecule has 0 spiro atoms. The molecule has 0 saturated carbocycles. The topological polar surface area (TPSA) is 38.3 Å². The minimum absolute atomic E-state index is 0.156. The average molecular weight is 173 g/mol. The number of hydrogen-bond donors (Lipinski definition) is 1. The summed E-state index contributed by atoms with van der Waals surface area (Å²) in [7, 11) is 1.68. The molecule has 0 bridgehead atoms. The molecule has 1 heterocycles. The third-order valence-electron chi connectivity index (χ3n) is 1.84. The predicted molar refractivity (Wildman–Crippen MR) is 49.0 cm³/mol. The number of rotatable bonds is 1. The van der Waals surface area contributed by atoms with Crippen LogP contribution in [0, 0.1) is 5.92 Å². The second-order valence-electron chi connectivity index (χ2n) is 2.50. The van der Waals surface area contributed by atoms with Gasteiger partial charge in [0.15, 0.2) is 0 Å². The van der Waals surface area contributed by atoms with Crippen LogP contribution in [0.1, 0.15) is 26.7 Å². The Morgan fingerprint density at radius 1 is 1.33 bits per heavy atom. The second-order valence-corrected chi connectivity index (χ2v) is 2.50. The lowest BCUT2D eigenvalue weighted by molar-refractivity contribution is -0.127. The van der Waals surface area contributed by atoms with E-state index in [0.717, 1.165) is 26.1 Å². The zero-order valence-corrected chi connectivity index (χ0v) is 8.22. The Morgan fingerprint density at radius 2 is 1.83 bits per heavy atom. The van der Waals surface area contributed by atoms with E-state index in [0.29, 0.717) is 0 Å². The van der Waals surface area contributed by atoms with Gasteiger partial charge < -0.3 is 10.1 Å². The van der Waals surface area contributed by atoms with Gasteiger partial charge >= 0.3 is 0 Å². The highest BCUT2D eigenvalue weighted by atomic mass is 16.5. The maximum absolute atomic E-state index is 11.0. The lowest BCUT2D eigenvalue weighted by atomic mass is 10.00. The number of carbonyl (C=O) groups is 1. The van der Waals surface area contributed by atoms with E-state index in [1.807, 2.05) is 13.8 Å². The molecule has 0 unspecified atom stereocenters. The monoisotopic (exact) mass is 173 g/mol. The van der Waals surface area contributed by atoms with Crippen molar-refractivity contribution in [1.29, 1.82) is 0 Å². The van der Waals surface area contributed by atoms with Crippen LogP contribution in [-0.4, -0.2) is 26.2 Å². The van der Waals surface area contributed by atoms with Crippen molar-refractivity contribution in [2.24, 2.45) is 5.92 Å². The van der Waals surface area contributed by atoms with Gasteiger partial charge in [0.2, 0.25) is 5.91 Å². The first-order valence-corrected chi connectivity index (χ1v) is 4.64. The first-order valence-electron chi connectivity index (χ1n) is 4.64. The predicted octanol–water partition coefficient (Wildman–Crippen LogP) is 1.19. The largest absolute Gasteiger partial charge is 0.381 e. The van der Waals surface area contributed by atoms with Crippen molar-refractivity contribution in [3.63, 3.8) is 0 Å². The van der Waals surface area contributed by atoms with Gasteiger partial charge in [0.1, 0.15) is 0 Å². The fourth-order valence-electron chi connectivity index (χ4n) is 1.16. The lowest BCUT2D eigenvalue weighted by Gasteiger charge is -2.19. The standard InChI is InChI=1S/C7H13NO2.C2H6/c1-8-7(9)6-2-4-10-5-3-6;1-2/h6H,2-5H2,1H3,(H,8,9);1-2H3. The Balaban J connectivity index is 0.000000561. The molecule has 0 aromatic heterocycles. The van der Waals surface area contributed by atoms with Crippen LogP contribution < -0.4 is 5.32 Å². The molecule has 3 heteroatoms. The fourth-order valence-corrected chi connectivity index (χ4v) is 1.16. The SMILES string of the molecule is CC.CNC(=O)C1CCOCC1. The molecule has 0 aromatic rings. The molecule has 72 valence electrons. The molecule has 1 aliphatic rings. The number of ether oxygens (including phenoxy) is 1. The number of hydrogen-bond acceptors (Lipinski definition) is 2. The molecule has 0 aliphatic carbocycles. The van der Waals surface area contributed by atoms with Crippen LogP contribution in [0.25, 0.3) is 0 Å². The van der Waals surface area contributed by atoms with E-state index in [1.54, 1.807) is 7.05 Å². The van der Waals surface area contributed by atoms with Crippen LogP contribution >= 0.6 is 0 Å². The summed E-state index contributed by atoms with van der Waals surface area (Å²) in [5.41, 5.74) is 0. The molecule has 0 aromatic carbocycles. The quantitative estimate of drug-likeness (QED) is 0.646. The van der Waals surface area contributed by atoms with Crippen molar-refractivity contribution in [3.8, 4) is 0 Å². The number of amides is 1. The van der Waals surface area contributed by atoms with Gasteiger partial charge in [-0.15, -0.1) is 0 Å². The lowest BCUT2D eigenvalue weighted by Crippen LogP contribution is -2.31. The summed E-state index contributed by atoms with van der Waals surface area (Å²) in [6.45, 7) is 5.47. The molecule has 1 aliphatic heterocycles. The van der Waals surface area contributed by atoms with E-state index in [2.05, 4.69) is 5.32 Å². The highest BCUT2D eigenvalue weighted by molar-refractivity contribution is 5.78. The van der Waals surface area contributed by atoms with Crippen LogP contribution in [0.5, 0.6) is 0 Å². The fraction of sp³-hybridized carbons (Fsp3) is 0.889. The van der Waals surface area contributed by atoms with Gasteiger partial charge in [0.05, 0.1) is 0 Å². The molecule has 3 nitrogen and oxygen atoms in total. The van der Waals surface area contributed by atoms with Crippen molar-refractivity contribution in [2.45, 2.75) is 26.7 Å². The zero-order chi connectivity index (χ0) is 9.40. The Labute approximate surface area is 74.5 Å². The minimum atomic E-state index is 0.156. The first-order chi connectivity index (χ1) is 5.84. The van der Waals surface area contributed by atoms with Crippen molar-refractivity contribution in [1.82, 2.24) is 5.32 Å². The summed E-state index contributed by atoms with van der Waals surface area (Å²) >= 11 is 0. The molecular formula is C9H19NO2. The highest BCUT2D eigenvalue weighted by Crippen LogP contribution is 2.13. The van der Waals surface area contributed by atoms with Crippen LogP contribution in [0.3, 0.4) is 0 Å². The molecule has 1 rings (SSSR count). The Hall–Kier alpha value is -0.570. The van der Waals surface area contributed by atoms with E-state index in [-0.39, 0.29) is 11.8 Å². The summed E-state index contributed by atoms with van der Waals surface area (Å²) in [6.07, 6.45) is 1.75. The van der Waals surface area contributed by atoms with Crippen LogP contribution in [0.2, 0.25) is 0 Å². The van der Waals surface area contributed by atoms with Crippen molar-refractivity contribution >= 4 is 5.91 Å². The van der Waals surface area contributed by atoms with Crippen LogP contribution in [-0.2, 0) is 9.53 Å². The van der Waals surface area contributed by atoms with Gasteiger partial charge in [-0.1, -0.05) is 13.8 Å². The number of carbonyl (C=O) groups excluding carboxylic acids is 1. The van der Waals surface area contributed by atoms with Crippen molar-refractivity contribution < 1.29 is 9.53 Å². The van der Waals surface area contributed by atoms with Gasteiger partial charge in [-0.25, -0.2) is 0 Å². The van der Waals surface area contributed by atoms with Crippen molar-refractivity contribution in [2.75, 3.05) is 20.3 Å². The van der Waals surface area contributed by atoms with Crippen molar-refractivity contribution in [3.05, 3.63) is 0 Å². The normalized spacial score (nSPS) is 17.6. The average Bonchev–Trinajstić information content (AvgIpc) is 2.21. The molecule has 0 radical (unpaired) electrons. The third-order valence-corrected chi connectivity index (χ3v) is 1.84. The molecule has 0 atom stereocenters. The Bertz CT molecular complexity index is 120. The maximum atomic E-state index is 11.0.